The lowest BCUT2D eigenvalue weighted by molar-refractivity contribution is -0.0150. The third-order valence-corrected chi connectivity index (χ3v) is 3.08. The van der Waals surface area contributed by atoms with Gasteiger partial charge in [0.2, 0.25) is 5.82 Å². The zero-order valence-electron chi connectivity index (χ0n) is 10.0. The predicted octanol–water partition coefficient (Wildman–Crippen LogP) is -0.174. The molecule has 2 nitrogen and oxygen atoms in total. The fourth-order valence-corrected chi connectivity index (χ4v) is 1.95. The van der Waals surface area contributed by atoms with E-state index >= 15 is 0 Å². The van der Waals surface area contributed by atoms with Crippen molar-refractivity contribution >= 4 is 31.4 Å². The molecule has 0 aromatic heterocycles. The minimum atomic E-state index is -1.96. The standard InChI is InChI=1S/C10H6B4F3NO/c1-8(11)9(12,10(13,14)18-8)19-6-3-4(15)2-5(16)7(6)17/h2-3,18H,1H3. The van der Waals surface area contributed by atoms with Gasteiger partial charge in [0, 0.05) is 17.6 Å². The van der Waals surface area contributed by atoms with Crippen LogP contribution in [0.4, 0.5) is 13.2 Å². The summed E-state index contributed by atoms with van der Waals surface area (Å²) in [6, 6.07) is 0.988. The number of nitrogens with one attached hydrogen (secondary N) is 1. The zero-order valence-corrected chi connectivity index (χ0v) is 10.0. The molecule has 19 heavy (non-hydrogen) atoms. The van der Waals surface area contributed by atoms with Crippen molar-refractivity contribution in [3.63, 3.8) is 0 Å². The summed E-state index contributed by atoms with van der Waals surface area (Å²) in [5, 5.41) is 0.705. The van der Waals surface area contributed by atoms with Crippen LogP contribution in [0.2, 0.25) is 0 Å². The molecule has 0 saturated carbocycles. The molecule has 1 aliphatic rings. The fourth-order valence-electron chi connectivity index (χ4n) is 1.95. The summed E-state index contributed by atoms with van der Waals surface area (Å²) in [5.74, 6) is -4.64. The van der Waals surface area contributed by atoms with E-state index in [0.717, 1.165) is 0 Å². The molecule has 1 fully saturated rings. The Morgan fingerprint density at radius 2 is 1.68 bits per heavy atom. The van der Waals surface area contributed by atoms with Gasteiger partial charge in [-0.15, -0.1) is 0 Å². The maximum atomic E-state index is 13.5. The molecule has 9 heteroatoms. The smallest absolute Gasteiger partial charge is 0.200 e. The van der Waals surface area contributed by atoms with Gasteiger partial charge in [-0.1, -0.05) is 6.92 Å². The van der Waals surface area contributed by atoms with Crippen LogP contribution in [0.25, 0.3) is 0 Å². The van der Waals surface area contributed by atoms with E-state index in [9.17, 15) is 13.2 Å². The van der Waals surface area contributed by atoms with Crippen molar-refractivity contribution < 1.29 is 17.9 Å². The second-order valence-corrected chi connectivity index (χ2v) is 4.73. The number of hydrogen-bond acceptors (Lipinski definition) is 2. The van der Waals surface area contributed by atoms with Gasteiger partial charge in [0.15, 0.2) is 11.6 Å². The van der Waals surface area contributed by atoms with E-state index in [1.54, 1.807) is 0 Å². The van der Waals surface area contributed by atoms with E-state index in [1.165, 1.54) is 6.92 Å². The van der Waals surface area contributed by atoms with Gasteiger partial charge in [0.05, 0.1) is 29.0 Å². The molecular formula is C10H6B4F3NO. The Balaban J connectivity index is 2.41. The SMILES string of the molecule is [B]C1([B])NC([B])(C)C1([B])Oc1cc(F)cc(F)c1F. The molecule has 1 N–H and O–H groups in total. The molecular weight excluding hydrogens is 250 g/mol. The molecule has 90 valence electrons. The van der Waals surface area contributed by atoms with Gasteiger partial charge >= 0.3 is 0 Å². The molecule has 2 rings (SSSR count). The first kappa shape index (κ1) is 14.4. The van der Waals surface area contributed by atoms with E-state index in [4.69, 9.17) is 36.1 Å². The number of halogens is 3. The Labute approximate surface area is 114 Å². The van der Waals surface area contributed by atoms with Crippen molar-refractivity contribution in [1.82, 2.24) is 5.32 Å². The summed E-state index contributed by atoms with van der Waals surface area (Å²) >= 11 is 0. The van der Waals surface area contributed by atoms with Gasteiger partial charge in [0.1, 0.15) is 13.7 Å². The van der Waals surface area contributed by atoms with Crippen LogP contribution in [-0.2, 0) is 0 Å². The second kappa shape index (κ2) is 4.01. The maximum Gasteiger partial charge on any atom is 0.200 e. The summed E-state index contributed by atoms with van der Waals surface area (Å²) in [4.78, 5) is 0. The molecule has 0 bridgehead atoms. The van der Waals surface area contributed by atoms with Gasteiger partial charge in [0.25, 0.3) is 0 Å². The number of hydrogen-bond donors (Lipinski definition) is 1. The zero-order chi connectivity index (χ0) is 14.6. The number of benzene rings is 1. The Kier molecular flexibility index (Phi) is 3.05. The Bertz CT molecular complexity index is 524. The highest BCUT2D eigenvalue weighted by Crippen LogP contribution is 2.40. The first-order valence-electron chi connectivity index (χ1n) is 5.28. The van der Waals surface area contributed by atoms with Gasteiger partial charge < -0.3 is 10.1 Å². The molecule has 0 spiro atoms. The number of ether oxygens (including phenoxy) is 1. The van der Waals surface area contributed by atoms with Gasteiger partial charge in [-0.2, -0.15) is 4.39 Å². The van der Waals surface area contributed by atoms with Crippen LogP contribution in [0.15, 0.2) is 12.1 Å². The average molecular weight is 256 g/mol. The lowest BCUT2D eigenvalue weighted by Crippen LogP contribution is -2.93. The summed E-state index contributed by atoms with van der Waals surface area (Å²) in [6.45, 7) is 1.39. The highest BCUT2D eigenvalue weighted by molar-refractivity contribution is 6.49. The average Bonchev–Trinajstić information content (AvgIpc) is 2.23. The van der Waals surface area contributed by atoms with Crippen molar-refractivity contribution in [3.05, 3.63) is 29.6 Å². The van der Waals surface area contributed by atoms with Crippen molar-refractivity contribution in [2.24, 2.45) is 0 Å². The minimum absolute atomic E-state index is 0.365. The summed E-state index contributed by atoms with van der Waals surface area (Å²) in [6.07, 6.45) is 0. The summed E-state index contributed by atoms with van der Waals surface area (Å²) < 4.78 is 44.7. The van der Waals surface area contributed by atoms with E-state index in [-0.39, 0.29) is 0 Å². The summed E-state index contributed by atoms with van der Waals surface area (Å²) in [7, 11) is 22.7. The maximum absolute atomic E-state index is 13.5. The molecule has 0 aliphatic carbocycles. The lowest BCUT2D eigenvalue weighted by atomic mass is 9.32. The molecule has 2 atom stereocenters. The van der Waals surface area contributed by atoms with E-state index < -0.39 is 39.5 Å². The molecule has 1 heterocycles. The van der Waals surface area contributed by atoms with Crippen LogP contribution in [0.3, 0.4) is 0 Å². The van der Waals surface area contributed by atoms with Crippen LogP contribution in [0.1, 0.15) is 6.92 Å². The van der Waals surface area contributed by atoms with E-state index in [2.05, 4.69) is 5.32 Å². The highest BCUT2D eigenvalue weighted by atomic mass is 19.2. The van der Waals surface area contributed by atoms with Crippen molar-refractivity contribution in [2.45, 2.75) is 23.2 Å². The van der Waals surface area contributed by atoms with Crippen LogP contribution >= 0.6 is 0 Å². The van der Waals surface area contributed by atoms with Crippen molar-refractivity contribution in [1.29, 1.82) is 0 Å². The molecule has 1 aromatic carbocycles. The Morgan fingerprint density at radius 3 is 2.16 bits per heavy atom. The van der Waals surface area contributed by atoms with Gasteiger partial charge in [-0.05, 0) is 5.34 Å². The van der Waals surface area contributed by atoms with E-state index in [1.807, 2.05) is 0 Å². The molecule has 0 amide bonds. The normalized spacial score (nSPS) is 32.6. The molecule has 1 aromatic rings. The van der Waals surface area contributed by atoms with Crippen LogP contribution < -0.4 is 10.1 Å². The Hall–Kier alpha value is -0.970. The van der Waals surface area contributed by atoms with E-state index in [0.29, 0.717) is 12.1 Å². The van der Waals surface area contributed by atoms with Crippen molar-refractivity contribution in [2.75, 3.05) is 0 Å². The third kappa shape index (κ3) is 1.98. The summed E-state index contributed by atoms with van der Waals surface area (Å²) in [5.41, 5.74) is -3.37. The monoisotopic (exact) mass is 257 g/mol. The minimum Gasteiger partial charge on any atom is -0.493 e. The van der Waals surface area contributed by atoms with Crippen LogP contribution in [0.5, 0.6) is 5.75 Å². The first-order valence-corrected chi connectivity index (χ1v) is 5.28. The quantitative estimate of drug-likeness (QED) is 0.586. The molecule has 2 unspecified atom stereocenters. The topological polar surface area (TPSA) is 21.3 Å². The van der Waals surface area contributed by atoms with Crippen molar-refractivity contribution in [3.8, 4) is 5.75 Å². The molecule has 8 radical (unpaired) electrons. The molecule has 1 saturated heterocycles. The third-order valence-electron chi connectivity index (χ3n) is 3.08. The molecule has 1 aliphatic heterocycles. The lowest BCUT2D eigenvalue weighted by Gasteiger charge is -2.68. The predicted molar refractivity (Wildman–Crippen MR) is 67.0 cm³/mol. The second-order valence-electron chi connectivity index (χ2n) is 4.73. The number of rotatable bonds is 2. The van der Waals surface area contributed by atoms with Gasteiger partial charge in [-0.3, -0.25) is 0 Å². The highest BCUT2D eigenvalue weighted by Gasteiger charge is 2.62. The first-order chi connectivity index (χ1) is 8.50. The fraction of sp³-hybridized carbons (Fsp3) is 0.400. The van der Waals surface area contributed by atoms with Crippen LogP contribution in [0, 0.1) is 17.5 Å². The van der Waals surface area contributed by atoms with Crippen LogP contribution in [-0.4, -0.2) is 47.7 Å². The Morgan fingerprint density at radius 1 is 1.11 bits per heavy atom. The largest absolute Gasteiger partial charge is 0.493 e. The van der Waals surface area contributed by atoms with Gasteiger partial charge in [-0.25, -0.2) is 8.78 Å².